The highest BCUT2D eigenvalue weighted by Crippen LogP contribution is 2.39. The largest absolute Gasteiger partial charge is 0.465 e. The third kappa shape index (κ3) is 7.44. The molecule has 2 fully saturated rings. The second kappa shape index (κ2) is 12.8. The fourth-order valence-electron chi connectivity index (χ4n) is 6.14. The average Bonchev–Trinajstić information content (AvgIpc) is 3.44. The van der Waals surface area contributed by atoms with Crippen molar-refractivity contribution in [1.82, 2.24) is 14.7 Å². The summed E-state index contributed by atoms with van der Waals surface area (Å²) in [5.41, 5.74) is -3.17. The number of carboxylic acid groups (broad SMARTS) is 1. The van der Waals surface area contributed by atoms with Crippen LogP contribution >= 0.6 is 0 Å². The van der Waals surface area contributed by atoms with Crippen molar-refractivity contribution >= 4 is 23.7 Å². The lowest BCUT2D eigenvalue weighted by atomic mass is 9.84. The molecule has 15 heteroatoms. The van der Waals surface area contributed by atoms with E-state index in [1.165, 1.54) is 48.2 Å². The van der Waals surface area contributed by atoms with E-state index in [9.17, 15) is 50.2 Å². The number of halogens is 7. The Hall–Kier alpha value is -4.04. The molecular weight excluding hydrogens is 613 g/mol. The first kappa shape index (κ1) is 33.8. The van der Waals surface area contributed by atoms with Gasteiger partial charge in [-0.15, -0.1) is 0 Å². The van der Waals surface area contributed by atoms with Gasteiger partial charge in [-0.25, -0.2) is 14.0 Å². The summed E-state index contributed by atoms with van der Waals surface area (Å²) in [5.74, 6) is -1.66. The maximum absolute atomic E-state index is 13.7. The smallest absolute Gasteiger partial charge is 0.416 e. The van der Waals surface area contributed by atoms with Gasteiger partial charge >= 0.3 is 24.5 Å². The van der Waals surface area contributed by atoms with Gasteiger partial charge in [0.1, 0.15) is 5.82 Å². The number of carbonyl (C=O) groups excluding carboxylic acids is 2. The van der Waals surface area contributed by atoms with Gasteiger partial charge in [-0.1, -0.05) is 12.1 Å². The summed E-state index contributed by atoms with van der Waals surface area (Å²) in [6, 6.07) is 4.43. The Kier molecular flexibility index (Phi) is 9.59. The van der Waals surface area contributed by atoms with E-state index in [1.807, 2.05) is 0 Å². The SMILES string of the molecule is CN(C(=O)N(C)[C@@H]1CN(C(=O)C2CCC(N(C)C(=O)O)CC2)C[C@H]1c1ccc(F)cc1)c1cc(C(F)(F)F)cc(C(F)(F)F)c1. The zero-order chi connectivity index (χ0) is 33.4. The van der Waals surface area contributed by atoms with Crippen LogP contribution in [0.1, 0.15) is 48.3 Å². The summed E-state index contributed by atoms with van der Waals surface area (Å²) in [7, 11) is 3.88. The van der Waals surface area contributed by atoms with Gasteiger partial charge in [0, 0.05) is 57.8 Å². The number of alkyl halides is 6. The van der Waals surface area contributed by atoms with Gasteiger partial charge in [0.05, 0.1) is 17.2 Å². The monoisotopic (exact) mass is 646 g/mol. The molecule has 246 valence electrons. The maximum atomic E-state index is 13.7. The first-order valence-corrected chi connectivity index (χ1v) is 14.2. The minimum absolute atomic E-state index is 0.0162. The van der Waals surface area contributed by atoms with E-state index in [-0.39, 0.29) is 31.1 Å². The molecule has 2 aromatic rings. The normalized spacial score (nSPS) is 22.2. The van der Waals surface area contributed by atoms with Crippen LogP contribution in [0.15, 0.2) is 42.5 Å². The van der Waals surface area contributed by atoms with Crippen LogP contribution in [0.4, 0.5) is 46.0 Å². The Morgan fingerprint density at radius 2 is 1.33 bits per heavy atom. The number of carbonyl (C=O) groups is 3. The van der Waals surface area contributed by atoms with Gasteiger partial charge < -0.3 is 19.8 Å². The number of likely N-dealkylation sites (tertiary alicyclic amines) is 1. The minimum Gasteiger partial charge on any atom is -0.465 e. The number of benzene rings is 2. The molecule has 4 amide bonds. The summed E-state index contributed by atoms with van der Waals surface area (Å²) in [6.45, 7) is 0.148. The van der Waals surface area contributed by atoms with Crippen LogP contribution in [0.3, 0.4) is 0 Å². The Morgan fingerprint density at radius 1 is 0.800 bits per heavy atom. The highest BCUT2D eigenvalue weighted by molar-refractivity contribution is 5.92. The first-order valence-electron chi connectivity index (χ1n) is 14.2. The summed E-state index contributed by atoms with van der Waals surface area (Å²) in [4.78, 5) is 43.2. The van der Waals surface area contributed by atoms with Gasteiger partial charge in [0.2, 0.25) is 5.91 Å². The number of rotatable bonds is 5. The highest BCUT2D eigenvalue weighted by atomic mass is 19.4. The molecule has 1 heterocycles. The molecule has 0 aromatic heterocycles. The van der Waals surface area contributed by atoms with E-state index < -0.39 is 65.0 Å². The van der Waals surface area contributed by atoms with E-state index in [0.717, 1.165) is 7.05 Å². The predicted octanol–water partition coefficient (Wildman–Crippen LogP) is 6.51. The van der Waals surface area contributed by atoms with Crippen LogP contribution in [0.5, 0.6) is 0 Å². The fraction of sp³-hybridized carbons (Fsp3) is 0.500. The number of anilines is 1. The van der Waals surface area contributed by atoms with Crippen molar-refractivity contribution in [3.63, 3.8) is 0 Å². The zero-order valence-electron chi connectivity index (χ0n) is 24.7. The van der Waals surface area contributed by atoms with Crippen molar-refractivity contribution in [3.8, 4) is 0 Å². The third-order valence-electron chi connectivity index (χ3n) is 8.84. The lowest BCUT2D eigenvalue weighted by molar-refractivity contribution is -0.143. The van der Waals surface area contributed by atoms with Gasteiger partial charge in [-0.3, -0.25) is 9.69 Å². The molecule has 1 aliphatic carbocycles. The Bertz CT molecular complexity index is 1380. The van der Waals surface area contributed by atoms with Crippen molar-refractivity contribution in [1.29, 1.82) is 0 Å². The highest BCUT2D eigenvalue weighted by Gasteiger charge is 2.44. The van der Waals surface area contributed by atoms with Crippen molar-refractivity contribution < 1.29 is 50.2 Å². The van der Waals surface area contributed by atoms with E-state index in [2.05, 4.69) is 0 Å². The van der Waals surface area contributed by atoms with Crippen LogP contribution in [-0.2, 0) is 17.1 Å². The molecule has 2 atom stereocenters. The maximum Gasteiger partial charge on any atom is 0.416 e. The van der Waals surface area contributed by atoms with Crippen LogP contribution in [0.25, 0.3) is 0 Å². The van der Waals surface area contributed by atoms with Crippen LogP contribution in [0, 0.1) is 11.7 Å². The fourth-order valence-corrected chi connectivity index (χ4v) is 6.14. The Morgan fingerprint density at radius 3 is 1.82 bits per heavy atom. The molecule has 2 aromatic carbocycles. The molecule has 1 N–H and O–H groups in total. The van der Waals surface area contributed by atoms with Crippen molar-refractivity contribution in [2.45, 2.75) is 56.0 Å². The number of amides is 4. The standard InChI is InChI=1S/C30H33F7N4O4/c1-38(23-13-19(29(32,33)34)12-20(14-23)30(35,36)37)27(43)40(3)25-16-41(15-24(25)17-4-8-21(31)9-5-17)26(42)18-6-10-22(11-7-18)39(2)28(44)45/h4-5,8-9,12-14,18,22,24-25H,6-7,10-11,15-16H2,1-3H3,(H,44,45)/t18?,22?,24-,25+/m0/s1. The number of likely N-dealkylation sites (N-methyl/N-ethyl adjacent to an activating group) is 1. The molecule has 1 aliphatic heterocycles. The molecule has 0 spiro atoms. The number of urea groups is 1. The molecule has 45 heavy (non-hydrogen) atoms. The lowest BCUT2D eigenvalue weighted by Gasteiger charge is -2.34. The minimum atomic E-state index is -5.10. The quantitative estimate of drug-likeness (QED) is 0.376. The second-order valence-corrected chi connectivity index (χ2v) is 11.6. The van der Waals surface area contributed by atoms with Crippen LogP contribution in [-0.4, -0.2) is 84.2 Å². The summed E-state index contributed by atoms with van der Waals surface area (Å²) in [5, 5.41) is 9.26. The molecule has 8 nitrogen and oxygen atoms in total. The molecule has 1 saturated carbocycles. The summed E-state index contributed by atoms with van der Waals surface area (Å²) in [6.07, 6.45) is -9.42. The van der Waals surface area contributed by atoms with Crippen LogP contribution < -0.4 is 4.90 Å². The predicted molar refractivity (Wildman–Crippen MR) is 149 cm³/mol. The second-order valence-electron chi connectivity index (χ2n) is 11.6. The van der Waals surface area contributed by atoms with E-state index >= 15 is 0 Å². The van der Waals surface area contributed by atoms with Crippen molar-refractivity contribution in [2.24, 2.45) is 5.92 Å². The van der Waals surface area contributed by atoms with Gasteiger partial charge in [-0.2, -0.15) is 26.3 Å². The van der Waals surface area contributed by atoms with Gasteiger partial charge in [0.25, 0.3) is 0 Å². The molecule has 1 saturated heterocycles. The average molecular weight is 647 g/mol. The van der Waals surface area contributed by atoms with E-state index in [4.69, 9.17) is 0 Å². The number of nitrogens with zero attached hydrogens (tertiary/aromatic N) is 4. The summed E-state index contributed by atoms with van der Waals surface area (Å²) < 4.78 is 94.5. The van der Waals surface area contributed by atoms with E-state index in [1.54, 1.807) is 4.90 Å². The van der Waals surface area contributed by atoms with Crippen molar-refractivity contribution in [2.75, 3.05) is 39.1 Å². The number of hydrogen-bond donors (Lipinski definition) is 1. The molecule has 0 bridgehead atoms. The molecule has 2 aliphatic rings. The van der Waals surface area contributed by atoms with Crippen LogP contribution in [0.2, 0.25) is 0 Å². The van der Waals surface area contributed by atoms with Gasteiger partial charge in [0.15, 0.2) is 0 Å². The topological polar surface area (TPSA) is 84.4 Å². The van der Waals surface area contributed by atoms with Gasteiger partial charge in [-0.05, 0) is 61.6 Å². The molecule has 4 rings (SSSR count). The lowest BCUT2D eigenvalue weighted by Crippen LogP contribution is -2.48. The Labute approximate surface area is 255 Å². The third-order valence-corrected chi connectivity index (χ3v) is 8.84. The van der Waals surface area contributed by atoms with E-state index in [0.29, 0.717) is 48.3 Å². The molecule has 0 radical (unpaired) electrons. The molecule has 0 unspecified atom stereocenters. The summed E-state index contributed by atoms with van der Waals surface area (Å²) >= 11 is 0. The molecular formula is C30H33F7N4O4. The Balaban J connectivity index is 1.58. The van der Waals surface area contributed by atoms with Crippen molar-refractivity contribution in [3.05, 3.63) is 65.0 Å². The number of hydrogen-bond acceptors (Lipinski definition) is 3. The zero-order valence-corrected chi connectivity index (χ0v) is 24.7. The first-order chi connectivity index (χ1) is 20.9.